The number of pyridine rings is 1. The molecule has 4 heterocycles. The summed E-state index contributed by atoms with van der Waals surface area (Å²) in [6, 6.07) is 12.7. The maximum Gasteiger partial charge on any atom is 0.407 e. The molecule has 0 spiro atoms. The van der Waals surface area contributed by atoms with Gasteiger partial charge in [0.1, 0.15) is 28.8 Å². The fourth-order valence-corrected chi connectivity index (χ4v) is 4.81. The molecule has 0 aliphatic carbocycles. The van der Waals surface area contributed by atoms with Crippen molar-refractivity contribution in [3.05, 3.63) is 64.9 Å². The fraction of sp³-hybridized carbons (Fsp3) is 0.231. The molecule has 0 radical (unpaired) electrons. The minimum atomic E-state index is -0.400. The number of carbonyl (C=O) groups is 1. The summed E-state index contributed by atoms with van der Waals surface area (Å²) in [5.41, 5.74) is 0.755. The summed E-state index contributed by atoms with van der Waals surface area (Å²) in [6.45, 7) is 2.97. The van der Waals surface area contributed by atoms with Crippen LogP contribution in [-0.2, 0) is 4.74 Å². The lowest BCUT2D eigenvalue weighted by Gasteiger charge is -2.10. The molecule has 3 aromatic heterocycles. The second-order valence-corrected chi connectivity index (χ2v) is 9.55. The van der Waals surface area contributed by atoms with Crippen LogP contribution >= 0.6 is 22.9 Å². The van der Waals surface area contributed by atoms with Crippen LogP contribution in [0.4, 0.5) is 16.3 Å². The van der Waals surface area contributed by atoms with E-state index in [1.54, 1.807) is 24.4 Å². The molecule has 0 saturated carbocycles. The van der Waals surface area contributed by atoms with Crippen molar-refractivity contribution in [3.63, 3.8) is 0 Å². The van der Waals surface area contributed by atoms with Gasteiger partial charge in [-0.15, -0.1) is 11.3 Å². The Labute approximate surface area is 222 Å². The summed E-state index contributed by atoms with van der Waals surface area (Å²) in [5, 5.41) is 10.5. The number of aromatic nitrogens is 3. The number of halogens is 1. The third-order valence-corrected chi connectivity index (χ3v) is 6.69. The van der Waals surface area contributed by atoms with Crippen molar-refractivity contribution in [2.75, 3.05) is 18.4 Å². The van der Waals surface area contributed by atoms with E-state index >= 15 is 0 Å². The molecule has 9 nitrogen and oxygen atoms in total. The Morgan fingerprint density at radius 3 is 2.97 bits per heavy atom. The fourth-order valence-electron chi connectivity index (χ4n) is 3.73. The van der Waals surface area contributed by atoms with Crippen molar-refractivity contribution in [2.24, 2.45) is 0 Å². The second-order valence-electron chi connectivity index (χ2n) is 8.12. The number of nitrogens with one attached hydrogen (secondary N) is 3. The molecular weight excluding hydrogens is 512 g/mol. The first-order valence-electron chi connectivity index (χ1n) is 11.7. The van der Waals surface area contributed by atoms with Gasteiger partial charge < -0.3 is 20.1 Å². The molecule has 2 atom stereocenters. The number of hydrogen-bond acceptors (Lipinski definition) is 9. The van der Waals surface area contributed by atoms with Crippen molar-refractivity contribution < 1.29 is 14.3 Å². The average Bonchev–Trinajstić information content (AvgIpc) is 3.52. The number of nitrogens with zero attached hydrogens (tertiary/aromatic N) is 3. The number of thiophene rings is 1. The Bertz CT molecular complexity index is 1470. The highest BCUT2D eigenvalue weighted by atomic mass is 35.5. The molecule has 3 N–H and O–H groups in total. The van der Waals surface area contributed by atoms with Crippen LogP contribution in [0.2, 0.25) is 5.02 Å². The Hall–Kier alpha value is -3.91. The van der Waals surface area contributed by atoms with Gasteiger partial charge in [0, 0.05) is 37.5 Å². The highest BCUT2D eigenvalue weighted by Crippen LogP contribution is 2.34. The van der Waals surface area contributed by atoms with E-state index < -0.39 is 6.09 Å². The first kappa shape index (κ1) is 24.8. The molecule has 5 rings (SSSR count). The third-order valence-electron chi connectivity index (χ3n) is 5.43. The molecule has 1 fully saturated rings. The molecular formula is C26H23ClN6O3S. The molecule has 11 heteroatoms. The number of amides is 1. The Kier molecular flexibility index (Phi) is 7.65. The summed E-state index contributed by atoms with van der Waals surface area (Å²) in [4.78, 5) is 26.3. The molecule has 1 aromatic carbocycles. The number of fused-ring (bicyclic) bond motifs is 1. The summed E-state index contributed by atoms with van der Waals surface area (Å²) < 4.78 is 11.1. The smallest absolute Gasteiger partial charge is 0.407 e. The number of alkyl carbamates (subject to hydrolysis) is 1. The van der Waals surface area contributed by atoms with Crippen molar-refractivity contribution in [1.82, 2.24) is 25.6 Å². The van der Waals surface area contributed by atoms with Gasteiger partial charge in [0.05, 0.1) is 21.3 Å². The van der Waals surface area contributed by atoms with Gasteiger partial charge in [-0.05, 0) is 37.3 Å². The Balaban J connectivity index is 1.27. The van der Waals surface area contributed by atoms with E-state index in [2.05, 4.69) is 42.7 Å². The molecule has 188 valence electrons. The van der Waals surface area contributed by atoms with Gasteiger partial charge in [-0.25, -0.2) is 19.7 Å². The first-order chi connectivity index (χ1) is 18.1. The highest BCUT2D eigenvalue weighted by molar-refractivity contribution is 7.19. The minimum absolute atomic E-state index is 0.0534. The topological polar surface area (TPSA) is 110 Å². The first-order valence-corrected chi connectivity index (χ1v) is 12.9. The van der Waals surface area contributed by atoms with Gasteiger partial charge in [-0.1, -0.05) is 29.5 Å². The van der Waals surface area contributed by atoms with E-state index in [1.165, 1.54) is 17.7 Å². The van der Waals surface area contributed by atoms with E-state index in [0.29, 0.717) is 42.0 Å². The Morgan fingerprint density at radius 2 is 2.16 bits per heavy atom. The van der Waals surface area contributed by atoms with Gasteiger partial charge in [-0.2, -0.15) is 0 Å². The van der Waals surface area contributed by atoms with Gasteiger partial charge in [-0.3, -0.25) is 5.32 Å². The molecule has 37 heavy (non-hydrogen) atoms. The Morgan fingerprint density at radius 1 is 1.24 bits per heavy atom. The lowest BCUT2D eigenvalue weighted by atomic mass is 10.2. The van der Waals surface area contributed by atoms with Gasteiger partial charge in [0.2, 0.25) is 5.88 Å². The maximum atomic E-state index is 11.6. The zero-order valence-corrected chi connectivity index (χ0v) is 21.4. The van der Waals surface area contributed by atoms with E-state index in [1.807, 2.05) is 31.2 Å². The van der Waals surface area contributed by atoms with Crippen LogP contribution in [0.25, 0.3) is 10.2 Å². The second kappa shape index (κ2) is 11.4. The number of anilines is 2. The predicted octanol–water partition coefficient (Wildman–Crippen LogP) is 5.10. The van der Waals surface area contributed by atoms with Crippen molar-refractivity contribution in [2.45, 2.75) is 25.5 Å². The number of carbonyl (C=O) groups excluding carboxylic acids is 1. The SMILES string of the molecule is CCNC(=O)O[C@H]1CN[C@H](C#Cc2cc3c(Nc4ccc(Oc5ccccn5)c(Cl)c4)ncnc3s2)C1. The van der Waals surface area contributed by atoms with Crippen molar-refractivity contribution in [1.29, 1.82) is 0 Å². The molecule has 1 aliphatic heterocycles. The summed E-state index contributed by atoms with van der Waals surface area (Å²) >= 11 is 7.94. The highest BCUT2D eigenvalue weighted by Gasteiger charge is 2.25. The van der Waals surface area contributed by atoms with Crippen LogP contribution in [0.5, 0.6) is 11.6 Å². The molecule has 0 unspecified atom stereocenters. The molecule has 4 aromatic rings. The maximum absolute atomic E-state index is 11.6. The standard InChI is InChI=1S/C26H23ClN6O3S/c1-2-28-26(34)35-18-11-16(30-14-18)6-8-19-13-20-24(31-15-32-25(20)37-19)33-17-7-9-22(21(27)12-17)36-23-5-3-4-10-29-23/h3-5,7,9-10,12-13,15-16,18,30H,2,11,14H2,1H3,(H,28,34)(H,31,32,33)/t16-,18-/m1/s1. The monoisotopic (exact) mass is 534 g/mol. The summed E-state index contributed by atoms with van der Waals surface area (Å²) in [5.74, 6) is 8.07. The largest absolute Gasteiger partial charge is 0.445 e. The molecule has 1 aliphatic rings. The van der Waals surface area contributed by atoms with Gasteiger partial charge in [0.25, 0.3) is 0 Å². The predicted molar refractivity (Wildman–Crippen MR) is 144 cm³/mol. The van der Waals surface area contributed by atoms with Crippen molar-refractivity contribution >= 4 is 50.8 Å². The number of hydrogen-bond donors (Lipinski definition) is 3. The lowest BCUT2D eigenvalue weighted by molar-refractivity contribution is 0.107. The van der Waals surface area contributed by atoms with Gasteiger partial charge in [0.15, 0.2) is 0 Å². The zero-order chi connectivity index (χ0) is 25.6. The van der Waals surface area contributed by atoms with E-state index in [-0.39, 0.29) is 12.1 Å². The van der Waals surface area contributed by atoms with Crippen LogP contribution in [0.3, 0.4) is 0 Å². The number of benzene rings is 1. The van der Waals surface area contributed by atoms with Crippen LogP contribution in [0.1, 0.15) is 18.2 Å². The van der Waals surface area contributed by atoms with E-state index in [4.69, 9.17) is 21.1 Å². The number of ether oxygens (including phenoxy) is 2. The van der Waals surface area contributed by atoms with Crippen LogP contribution in [0.15, 0.2) is 55.0 Å². The summed E-state index contributed by atoms with van der Waals surface area (Å²) in [6.07, 6.45) is 3.22. The minimum Gasteiger partial charge on any atom is -0.445 e. The number of rotatable bonds is 6. The van der Waals surface area contributed by atoms with Gasteiger partial charge >= 0.3 is 6.09 Å². The van der Waals surface area contributed by atoms with E-state index in [9.17, 15) is 4.79 Å². The van der Waals surface area contributed by atoms with E-state index in [0.717, 1.165) is 20.8 Å². The molecule has 1 amide bonds. The van der Waals surface area contributed by atoms with Crippen molar-refractivity contribution in [3.8, 4) is 23.5 Å². The molecule has 0 bridgehead atoms. The normalized spacial score (nSPS) is 16.6. The van der Waals surface area contributed by atoms with Crippen LogP contribution in [-0.4, -0.2) is 46.3 Å². The summed E-state index contributed by atoms with van der Waals surface area (Å²) in [7, 11) is 0. The van der Waals surface area contributed by atoms with Crippen LogP contribution in [0, 0.1) is 11.8 Å². The quantitative estimate of drug-likeness (QED) is 0.293. The average molecular weight is 535 g/mol. The molecule has 1 saturated heterocycles. The zero-order valence-electron chi connectivity index (χ0n) is 19.8. The third kappa shape index (κ3) is 6.27. The van der Waals surface area contributed by atoms with Crippen LogP contribution < -0.4 is 20.7 Å². The lowest BCUT2D eigenvalue weighted by Crippen LogP contribution is -2.29.